The second-order valence-electron chi connectivity index (χ2n) is 10.5. The number of hydrogen-bond donors (Lipinski definition) is 10. The standard InChI is InChI=1S/C26H34Cl2N8O12S4/c27-21-23(35-15-1-3-17(31-7-5-29)19(13-15)51(45,46)33-9-11-49(39,40)41)25(37)22(28)24(26(21)38)36-16-2-4-18(32-8-6-30)20(14-16)52(47,48)34-10-12-50(42,43)44/h1-4,13-14,31-36H,5-12,29-30H2,(H,39,40,41)(H,42,43,44). The number of anilines is 4. The maximum absolute atomic E-state index is 13.4. The van der Waals surface area contributed by atoms with E-state index < -0.39 is 108 Å². The quantitative estimate of drug-likeness (QED) is 0.0584. The van der Waals surface area contributed by atoms with Crippen molar-refractivity contribution in [3.05, 3.63) is 57.9 Å². The molecule has 0 radical (unpaired) electrons. The molecule has 1 aliphatic carbocycles. The Bertz CT molecular complexity index is 2080. The van der Waals surface area contributed by atoms with E-state index in [1.807, 2.05) is 9.44 Å². The van der Waals surface area contributed by atoms with Crippen LogP contribution in [0.3, 0.4) is 0 Å². The zero-order chi connectivity index (χ0) is 39.1. The fourth-order valence-corrected chi connectivity index (χ4v) is 8.18. The Labute approximate surface area is 309 Å². The minimum atomic E-state index is -4.50. The molecule has 0 fully saturated rings. The number of nitrogens with two attached hydrogens (primary N) is 2. The van der Waals surface area contributed by atoms with Gasteiger partial charge in [-0.1, -0.05) is 23.2 Å². The second-order valence-corrected chi connectivity index (χ2v) is 17.9. The number of halogens is 2. The molecule has 0 heterocycles. The molecule has 0 unspecified atom stereocenters. The van der Waals surface area contributed by atoms with Gasteiger partial charge in [0.05, 0.1) is 22.9 Å². The third-order valence-corrected chi connectivity index (χ3v) is 11.8. The maximum atomic E-state index is 13.4. The van der Waals surface area contributed by atoms with Crippen molar-refractivity contribution in [1.82, 2.24) is 9.44 Å². The zero-order valence-corrected chi connectivity index (χ0v) is 31.4. The topological polar surface area (TPSA) is 335 Å². The van der Waals surface area contributed by atoms with Gasteiger partial charge in [-0.3, -0.25) is 18.7 Å². The Morgan fingerprint density at radius 1 is 0.577 bits per heavy atom. The highest BCUT2D eigenvalue weighted by molar-refractivity contribution is 7.90. The van der Waals surface area contributed by atoms with E-state index in [1.165, 1.54) is 24.3 Å². The molecule has 3 rings (SSSR count). The van der Waals surface area contributed by atoms with Crippen molar-refractivity contribution in [1.29, 1.82) is 0 Å². The predicted molar refractivity (Wildman–Crippen MR) is 194 cm³/mol. The molecule has 0 bridgehead atoms. The first-order valence-corrected chi connectivity index (χ1v) is 21.5. The first-order chi connectivity index (χ1) is 24.1. The van der Waals surface area contributed by atoms with Gasteiger partial charge in [0.15, 0.2) is 0 Å². The normalized spacial score (nSPS) is 14.5. The fourth-order valence-electron chi connectivity index (χ4n) is 4.27. The van der Waals surface area contributed by atoms with E-state index in [9.17, 15) is 43.3 Å². The molecule has 12 N–H and O–H groups in total. The largest absolute Gasteiger partial charge is 0.383 e. The van der Waals surface area contributed by atoms with Gasteiger partial charge in [-0.05, 0) is 36.4 Å². The summed E-state index contributed by atoms with van der Waals surface area (Å²) < 4.78 is 119. The average Bonchev–Trinajstić information content (AvgIpc) is 3.04. The number of ketones is 2. The third-order valence-electron chi connectivity index (χ3n) is 6.60. The van der Waals surface area contributed by atoms with Crippen molar-refractivity contribution in [3.63, 3.8) is 0 Å². The summed E-state index contributed by atoms with van der Waals surface area (Å²) in [7, 11) is -17.9. The molecule has 288 valence electrons. The van der Waals surface area contributed by atoms with Gasteiger partial charge in [-0.25, -0.2) is 26.3 Å². The highest BCUT2D eigenvalue weighted by atomic mass is 35.5. The van der Waals surface area contributed by atoms with Crippen LogP contribution in [-0.2, 0) is 49.9 Å². The van der Waals surface area contributed by atoms with Crippen LogP contribution < -0.4 is 42.2 Å². The lowest BCUT2D eigenvalue weighted by molar-refractivity contribution is -0.115. The van der Waals surface area contributed by atoms with E-state index in [0.29, 0.717) is 0 Å². The van der Waals surface area contributed by atoms with E-state index >= 15 is 0 Å². The monoisotopic (exact) mass is 848 g/mol. The summed E-state index contributed by atoms with van der Waals surface area (Å²) in [6.45, 7) is -0.885. The summed E-state index contributed by atoms with van der Waals surface area (Å²) in [5, 5.41) is 9.33. The third kappa shape index (κ3) is 11.8. The highest BCUT2D eigenvalue weighted by Gasteiger charge is 2.34. The van der Waals surface area contributed by atoms with Gasteiger partial charge < -0.3 is 32.7 Å². The fraction of sp³-hybridized carbons (Fsp3) is 0.308. The van der Waals surface area contributed by atoms with Gasteiger partial charge in [-0.15, -0.1) is 0 Å². The maximum Gasteiger partial charge on any atom is 0.266 e. The molecule has 0 saturated carbocycles. The van der Waals surface area contributed by atoms with E-state index in [1.54, 1.807) is 0 Å². The molecule has 26 heteroatoms. The number of hydrogen-bond acceptors (Lipinski definition) is 16. The number of allylic oxidation sites excluding steroid dienone is 2. The summed E-state index contributed by atoms with van der Waals surface area (Å²) in [6, 6.07) is 7.31. The average molecular weight is 850 g/mol. The summed E-state index contributed by atoms with van der Waals surface area (Å²) in [4.78, 5) is 25.9. The van der Waals surface area contributed by atoms with Gasteiger partial charge >= 0.3 is 0 Å². The Kier molecular flexibility index (Phi) is 14.6. The van der Waals surface area contributed by atoms with Crippen LogP contribution >= 0.6 is 23.2 Å². The van der Waals surface area contributed by atoms with Crippen LogP contribution in [0.4, 0.5) is 22.7 Å². The number of sulfonamides is 2. The molecule has 0 amide bonds. The van der Waals surface area contributed by atoms with Crippen LogP contribution in [0.2, 0.25) is 0 Å². The lowest BCUT2D eigenvalue weighted by Crippen LogP contribution is -2.30. The Morgan fingerprint density at radius 3 is 1.23 bits per heavy atom. The van der Waals surface area contributed by atoms with E-state index in [-0.39, 0.29) is 48.9 Å². The number of Topliss-reactive ketones (excluding diaryl/α,β-unsaturated/α-hetero) is 2. The molecule has 0 spiro atoms. The number of nitrogens with one attached hydrogen (secondary N) is 6. The molecule has 0 aromatic heterocycles. The van der Waals surface area contributed by atoms with E-state index in [2.05, 4.69) is 21.3 Å². The van der Waals surface area contributed by atoms with Crippen LogP contribution in [0.25, 0.3) is 0 Å². The van der Waals surface area contributed by atoms with Crippen LogP contribution in [0.5, 0.6) is 0 Å². The molecule has 2 aromatic carbocycles. The summed E-state index contributed by atoms with van der Waals surface area (Å²) in [5.74, 6) is -3.90. The van der Waals surface area contributed by atoms with Crippen molar-refractivity contribution in [2.75, 3.05) is 72.0 Å². The first kappa shape index (κ1) is 43.0. The summed E-state index contributed by atoms with van der Waals surface area (Å²) >= 11 is 12.6. The van der Waals surface area contributed by atoms with Crippen LogP contribution in [-0.4, -0.2) is 105 Å². The van der Waals surface area contributed by atoms with Gasteiger partial charge in [0.25, 0.3) is 20.2 Å². The highest BCUT2D eigenvalue weighted by Crippen LogP contribution is 2.34. The number of carbonyl (C=O) groups excluding carboxylic acids is 2. The van der Waals surface area contributed by atoms with Gasteiger partial charge in [-0.2, -0.15) is 16.8 Å². The lowest BCUT2D eigenvalue weighted by atomic mass is 10.0. The van der Waals surface area contributed by atoms with Crippen molar-refractivity contribution < 1.29 is 52.4 Å². The molecule has 52 heavy (non-hydrogen) atoms. The summed E-state index contributed by atoms with van der Waals surface area (Å²) in [5.41, 5.74) is 9.80. The Balaban J connectivity index is 1.94. The van der Waals surface area contributed by atoms with Gasteiger partial charge in [0.1, 0.15) is 31.2 Å². The summed E-state index contributed by atoms with van der Waals surface area (Å²) in [6.07, 6.45) is 0. The molecule has 2 aromatic rings. The first-order valence-electron chi connectivity index (χ1n) is 14.6. The van der Waals surface area contributed by atoms with Crippen molar-refractivity contribution in [3.8, 4) is 0 Å². The molecule has 0 atom stereocenters. The van der Waals surface area contributed by atoms with Gasteiger partial charge in [0.2, 0.25) is 31.6 Å². The van der Waals surface area contributed by atoms with Crippen LogP contribution in [0, 0.1) is 0 Å². The Morgan fingerprint density at radius 2 is 0.923 bits per heavy atom. The van der Waals surface area contributed by atoms with Gasteiger partial charge in [0, 0.05) is 50.6 Å². The van der Waals surface area contributed by atoms with Crippen molar-refractivity contribution in [2.45, 2.75) is 9.79 Å². The Hall–Kier alpha value is -3.40. The SMILES string of the molecule is NCCNc1ccc(NC2=C(Cl)C(=O)C(Nc3ccc(NCCN)c(S(=O)(=O)NCCS(=O)(=O)O)c3)=C(Cl)C2=O)cc1S(=O)(=O)NCCS(=O)(=O)O. The number of carbonyl (C=O) groups is 2. The minimum Gasteiger partial charge on any atom is -0.383 e. The number of benzene rings is 2. The van der Waals surface area contributed by atoms with Crippen molar-refractivity contribution >= 4 is 97.8 Å². The molecular formula is C26H34Cl2N8O12S4. The molecule has 0 saturated heterocycles. The van der Waals surface area contributed by atoms with Crippen molar-refractivity contribution in [2.24, 2.45) is 11.5 Å². The van der Waals surface area contributed by atoms with E-state index in [4.69, 9.17) is 43.8 Å². The predicted octanol–water partition coefficient (Wildman–Crippen LogP) is -0.663. The minimum absolute atomic E-state index is 0.0325. The zero-order valence-electron chi connectivity index (χ0n) is 26.6. The molecule has 1 aliphatic rings. The molecule has 0 aliphatic heterocycles. The van der Waals surface area contributed by atoms with Crippen LogP contribution in [0.15, 0.2) is 67.6 Å². The smallest absolute Gasteiger partial charge is 0.266 e. The molecular weight excluding hydrogens is 816 g/mol. The molecule has 20 nitrogen and oxygen atoms in total. The van der Waals surface area contributed by atoms with Crippen LogP contribution in [0.1, 0.15) is 0 Å². The second kappa shape index (κ2) is 17.6. The number of rotatable bonds is 20. The lowest BCUT2D eigenvalue weighted by Gasteiger charge is -2.21. The van der Waals surface area contributed by atoms with E-state index in [0.717, 1.165) is 12.1 Å².